The first kappa shape index (κ1) is 18.1. The number of benzene rings is 1. The standard InChI is InChI=1S/C14H17ClN6O2S/c1-8(2)17-13(23)18-11(22)7-24-14-20-19-12(21(14)16)9-4-3-5-10(15)6-9/h3-6,8H,7,16H2,1-2H3,(H2,17,18,22,23). The molecule has 1 aromatic carbocycles. The smallest absolute Gasteiger partial charge is 0.321 e. The number of amides is 3. The monoisotopic (exact) mass is 368 g/mol. The minimum absolute atomic E-state index is 0.0175. The zero-order valence-electron chi connectivity index (χ0n) is 13.1. The lowest BCUT2D eigenvalue weighted by Gasteiger charge is -2.08. The normalized spacial score (nSPS) is 10.7. The van der Waals surface area contributed by atoms with Crippen LogP contribution >= 0.6 is 23.4 Å². The Morgan fingerprint density at radius 2 is 2.12 bits per heavy atom. The van der Waals surface area contributed by atoms with E-state index in [4.69, 9.17) is 17.4 Å². The Bertz CT molecular complexity index is 749. The molecule has 0 saturated carbocycles. The molecule has 0 bridgehead atoms. The van der Waals surface area contributed by atoms with Crippen molar-refractivity contribution in [2.45, 2.75) is 25.0 Å². The molecule has 8 nitrogen and oxygen atoms in total. The number of carbonyl (C=O) groups is 2. The molecule has 10 heteroatoms. The molecule has 0 aliphatic rings. The van der Waals surface area contributed by atoms with Crippen LogP contribution in [-0.2, 0) is 4.79 Å². The number of hydrogen-bond acceptors (Lipinski definition) is 6. The van der Waals surface area contributed by atoms with Crippen molar-refractivity contribution in [3.05, 3.63) is 29.3 Å². The van der Waals surface area contributed by atoms with Gasteiger partial charge in [0.25, 0.3) is 0 Å². The van der Waals surface area contributed by atoms with Gasteiger partial charge in [-0.05, 0) is 26.0 Å². The number of halogens is 1. The zero-order valence-corrected chi connectivity index (χ0v) is 14.7. The summed E-state index contributed by atoms with van der Waals surface area (Å²) in [6, 6.07) is 6.44. The van der Waals surface area contributed by atoms with E-state index in [-0.39, 0.29) is 11.8 Å². The van der Waals surface area contributed by atoms with Gasteiger partial charge in [-0.15, -0.1) is 10.2 Å². The summed E-state index contributed by atoms with van der Waals surface area (Å²) in [5.74, 6) is 5.91. The Kier molecular flexibility index (Phi) is 6.04. The number of thioether (sulfide) groups is 1. The molecule has 0 radical (unpaired) electrons. The van der Waals surface area contributed by atoms with Crippen molar-refractivity contribution in [3.63, 3.8) is 0 Å². The third kappa shape index (κ3) is 4.87. The first-order chi connectivity index (χ1) is 11.4. The maximum absolute atomic E-state index is 11.7. The minimum Gasteiger partial charge on any atom is -0.336 e. The molecule has 128 valence electrons. The summed E-state index contributed by atoms with van der Waals surface area (Å²) >= 11 is 7.02. The van der Waals surface area contributed by atoms with E-state index < -0.39 is 11.9 Å². The van der Waals surface area contributed by atoms with Gasteiger partial charge in [0.05, 0.1) is 5.75 Å². The third-order valence-electron chi connectivity index (χ3n) is 2.75. The van der Waals surface area contributed by atoms with Crippen molar-refractivity contribution in [3.8, 4) is 11.4 Å². The molecule has 0 unspecified atom stereocenters. The Labute approximate surface area is 148 Å². The van der Waals surface area contributed by atoms with E-state index >= 15 is 0 Å². The van der Waals surface area contributed by atoms with Crippen molar-refractivity contribution in [1.82, 2.24) is 25.5 Å². The lowest BCUT2D eigenvalue weighted by Crippen LogP contribution is -2.43. The number of imide groups is 1. The van der Waals surface area contributed by atoms with Crippen molar-refractivity contribution in [2.75, 3.05) is 11.6 Å². The highest BCUT2D eigenvalue weighted by atomic mass is 35.5. The molecule has 0 fully saturated rings. The largest absolute Gasteiger partial charge is 0.336 e. The Hall–Kier alpha value is -2.26. The maximum atomic E-state index is 11.7. The van der Waals surface area contributed by atoms with E-state index in [9.17, 15) is 9.59 Å². The number of nitrogens with two attached hydrogens (primary N) is 1. The molecule has 0 aliphatic heterocycles. The highest BCUT2D eigenvalue weighted by molar-refractivity contribution is 7.99. The fourth-order valence-electron chi connectivity index (χ4n) is 1.79. The van der Waals surface area contributed by atoms with Crippen LogP contribution in [0.15, 0.2) is 29.4 Å². The van der Waals surface area contributed by atoms with Gasteiger partial charge in [0.1, 0.15) is 0 Å². The maximum Gasteiger partial charge on any atom is 0.321 e. The molecule has 1 aromatic heterocycles. The van der Waals surface area contributed by atoms with E-state index in [2.05, 4.69) is 20.8 Å². The third-order valence-corrected chi connectivity index (χ3v) is 3.93. The Morgan fingerprint density at radius 1 is 1.38 bits per heavy atom. The average molecular weight is 369 g/mol. The summed E-state index contributed by atoms with van der Waals surface area (Å²) in [7, 11) is 0. The molecule has 24 heavy (non-hydrogen) atoms. The second-order valence-electron chi connectivity index (χ2n) is 5.15. The summed E-state index contributed by atoms with van der Waals surface area (Å²) < 4.78 is 1.28. The van der Waals surface area contributed by atoms with Gasteiger partial charge in [-0.2, -0.15) is 0 Å². The van der Waals surface area contributed by atoms with Gasteiger partial charge in [0, 0.05) is 16.6 Å². The van der Waals surface area contributed by atoms with Crippen LogP contribution in [0.4, 0.5) is 4.79 Å². The van der Waals surface area contributed by atoms with Gasteiger partial charge in [0.15, 0.2) is 5.82 Å². The molecule has 3 amide bonds. The first-order valence-electron chi connectivity index (χ1n) is 7.06. The summed E-state index contributed by atoms with van der Waals surface area (Å²) in [5, 5.41) is 13.6. The molecular weight excluding hydrogens is 352 g/mol. The van der Waals surface area contributed by atoms with Gasteiger partial charge in [-0.1, -0.05) is 35.5 Å². The summed E-state index contributed by atoms with van der Waals surface area (Å²) in [6.45, 7) is 3.60. The van der Waals surface area contributed by atoms with E-state index in [0.717, 1.165) is 11.8 Å². The molecule has 2 rings (SSSR count). The average Bonchev–Trinajstić information content (AvgIpc) is 2.85. The van der Waals surface area contributed by atoms with Crippen molar-refractivity contribution >= 4 is 35.3 Å². The number of hydrogen-bond donors (Lipinski definition) is 3. The number of aromatic nitrogens is 3. The quantitative estimate of drug-likeness (QED) is 0.546. The van der Waals surface area contributed by atoms with Crippen LogP contribution in [-0.4, -0.2) is 38.6 Å². The minimum atomic E-state index is -0.538. The zero-order chi connectivity index (χ0) is 17.7. The topological polar surface area (TPSA) is 115 Å². The van der Waals surface area contributed by atoms with Crippen molar-refractivity contribution in [1.29, 1.82) is 0 Å². The van der Waals surface area contributed by atoms with Gasteiger partial charge < -0.3 is 11.2 Å². The van der Waals surface area contributed by atoms with Crippen LogP contribution in [0.5, 0.6) is 0 Å². The number of nitrogen functional groups attached to an aromatic ring is 1. The number of urea groups is 1. The summed E-state index contributed by atoms with van der Waals surface area (Å²) in [6.07, 6.45) is 0. The fraction of sp³-hybridized carbons (Fsp3) is 0.286. The second-order valence-corrected chi connectivity index (χ2v) is 6.53. The number of nitrogens with one attached hydrogen (secondary N) is 2. The van der Waals surface area contributed by atoms with E-state index in [1.807, 2.05) is 0 Å². The lowest BCUT2D eigenvalue weighted by atomic mass is 10.2. The Balaban J connectivity index is 1.97. The molecule has 0 saturated heterocycles. The predicted molar refractivity (Wildman–Crippen MR) is 93.2 cm³/mol. The molecule has 1 heterocycles. The SMILES string of the molecule is CC(C)NC(=O)NC(=O)CSc1nnc(-c2cccc(Cl)c2)n1N. The van der Waals surface area contributed by atoms with Gasteiger partial charge >= 0.3 is 6.03 Å². The van der Waals surface area contributed by atoms with Gasteiger partial charge in [-0.25, -0.2) is 9.47 Å². The van der Waals surface area contributed by atoms with Crippen molar-refractivity contribution < 1.29 is 9.59 Å². The Morgan fingerprint density at radius 3 is 2.79 bits per heavy atom. The van der Waals surface area contributed by atoms with Crippen molar-refractivity contribution in [2.24, 2.45) is 0 Å². The molecular formula is C14H17ClN6O2S. The van der Waals surface area contributed by atoms with Gasteiger partial charge in [-0.3, -0.25) is 10.1 Å². The molecule has 0 aliphatic carbocycles. The van der Waals surface area contributed by atoms with E-state index in [1.165, 1.54) is 4.68 Å². The first-order valence-corrected chi connectivity index (χ1v) is 8.42. The van der Waals surface area contributed by atoms with Crippen LogP contribution < -0.4 is 16.5 Å². The molecule has 0 atom stereocenters. The van der Waals surface area contributed by atoms with Gasteiger partial charge in [0.2, 0.25) is 11.1 Å². The number of rotatable bonds is 5. The summed E-state index contributed by atoms with van der Waals surface area (Å²) in [4.78, 5) is 23.2. The summed E-state index contributed by atoms with van der Waals surface area (Å²) in [5.41, 5.74) is 0.713. The van der Waals surface area contributed by atoms with Crippen LogP contribution in [0.2, 0.25) is 5.02 Å². The highest BCUT2D eigenvalue weighted by Crippen LogP contribution is 2.23. The molecule has 2 aromatic rings. The number of carbonyl (C=O) groups excluding carboxylic acids is 2. The van der Waals surface area contributed by atoms with Crippen LogP contribution in [0.25, 0.3) is 11.4 Å². The lowest BCUT2D eigenvalue weighted by molar-refractivity contribution is -0.117. The van der Waals surface area contributed by atoms with Crippen LogP contribution in [0.1, 0.15) is 13.8 Å². The second kappa shape index (κ2) is 8.02. The molecule has 0 spiro atoms. The molecule has 4 N–H and O–H groups in total. The van der Waals surface area contributed by atoms with Crippen LogP contribution in [0.3, 0.4) is 0 Å². The van der Waals surface area contributed by atoms with Crippen LogP contribution in [0, 0.1) is 0 Å². The van der Waals surface area contributed by atoms with E-state index in [1.54, 1.807) is 38.1 Å². The predicted octanol–water partition coefficient (Wildman–Crippen LogP) is 1.64. The fourth-order valence-corrected chi connectivity index (χ4v) is 2.64. The van der Waals surface area contributed by atoms with E-state index in [0.29, 0.717) is 21.6 Å². The highest BCUT2D eigenvalue weighted by Gasteiger charge is 2.15. The number of nitrogens with zero attached hydrogens (tertiary/aromatic N) is 3.